The van der Waals surface area contributed by atoms with Gasteiger partial charge in [-0.1, -0.05) is 11.3 Å². The molecule has 33 heavy (non-hydrogen) atoms. The van der Waals surface area contributed by atoms with E-state index in [0.717, 1.165) is 75.7 Å². The van der Waals surface area contributed by atoms with E-state index in [-0.39, 0.29) is 11.9 Å². The molecular formula is C23H33F2N5O2S. The Kier molecular flexibility index (Phi) is 7.63. The molecule has 7 nitrogen and oxygen atoms in total. The molecule has 10 heteroatoms. The van der Waals surface area contributed by atoms with Crippen molar-refractivity contribution in [1.82, 2.24) is 25.0 Å². The average molecular weight is 482 g/mol. The SMILES string of the molecule is CCn1nccc1C(=O)N[C@H]1CC[C@H](CCN2CCc3sc(OCC(C)(F)F)nc3C2)CC1. The summed E-state index contributed by atoms with van der Waals surface area (Å²) in [5.41, 5.74) is 1.60. The summed E-state index contributed by atoms with van der Waals surface area (Å²) in [6.45, 7) is 5.62. The topological polar surface area (TPSA) is 72.3 Å². The first kappa shape index (κ1) is 24.1. The number of ether oxygens (including phenoxy) is 1. The molecule has 182 valence electrons. The van der Waals surface area contributed by atoms with Gasteiger partial charge in [0, 0.05) is 43.7 Å². The van der Waals surface area contributed by atoms with Crippen LogP contribution in [0.1, 0.15) is 67.0 Å². The van der Waals surface area contributed by atoms with E-state index < -0.39 is 12.5 Å². The number of carbonyl (C=O) groups excluding carboxylic acids is 1. The van der Waals surface area contributed by atoms with Crippen LogP contribution >= 0.6 is 11.3 Å². The standard InChI is InChI=1S/C23H33F2N5O2S/c1-3-30-19(8-11-26-30)21(31)27-17-6-4-16(5-7-17)9-12-29-13-10-20-18(14-29)28-22(33-20)32-15-23(2,24)25/h8,11,16-17H,3-7,9-10,12-15H2,1-2H3,(H,27,31)/t16-,17-. The number of thiazole rings is 1. The fraction of sp³-hybridized carbons (Fsp3) is 0.696. The molecule has 2 aliphatic rings. The molecule has 0 saturated heterocycles. The first-order chi connectivity index (χ1) is 15.8. The molecule has 0 atom stereocenters. The fourth-order valence-corrected chi connectivity index (χ4v) is 5.57. The van der Waals surface area contributed by atoms with Gasteiger partial charge >= 0.3 is 0 Å². The predicted molar refractivity (Wildman–Crippen MR) is 123 cm³/mol. The van der Waals surface area contributed by atoms with Crippen molar-refractivity contribution in [3.8, 4) is 5.19 Å². The van der Waals surface area contributed by atoms with Crippen LogP contribution in [0.2, 0.25) is 0 Å². The van der Waals surface area contributed by atoms with Gasteiger partial charge in [-0.05, 0) is 64.0 Å². The Morgan fingerprint density at radius 3 is 2.85 bits per heavy atom. The second kappa shape index (κ2) is 10.5. The van der Waals surface area contributed by atoms with Crippen LogP contribution in [0.5, 0.6) is 5.19 Å². The Morgan fingerprint density at radius 1 is 1.33 bits per heavy atom. The molecule has 1 fully saturated rings. The lowest BCUT2D eigenvalue weighted by molar-refractivity contribution is -0.0230. The first-order valence-electron chi connectivity index (χ1n) is 11.8. The number of aryl methyl sites for hydroxylation is 1. The quantitative estimate of drug-likeness (QED) is 0.583. The highest BCUT2D eigenvalue weighted by atomic mass is 32.1. The van der Waals surface area contributed by atoms with Crippen LogP contribution in [-0.2, 0) is 19.5 Å². The van der Waals surface area contributed by atoms with Crippen LogP contribution in [0.15, 0.2) is 12.3 Å². The summed E-state index contributed by atoms with van der Waals surface area (Å²) < 4.78 is 33.0. The number of rotatable bonds is 9. The van der Waals surface area contributed by atoms with Gasteiger partial charge in [0.05, 0.1) is 5.69 Å². The van der Waals surface area contributed by atoms with Crippen molar-refractivity contribution < 1.29 is 18.3 Å². The van der Waals surface area contributed by atoms with Gasteiger partial charge in [-0.3, -0.25) is 14.4 Å². The summed E-state index contributed by atoms with van der Waals surface area (Å²) in [6, 6.07) is 2.00. The summed E-state index contributed by atoms with van der Waals surface area (Å²) in [5, 5.41) is 7.71. The maximum atomic E-state index is 13.0. The number of amides is 1. The third kappa shape index (κ3) is 6.50. The molecule has 0 radical (unpaired) electrons. The fourth-order valence-electron chi connectivity index (χ4n) is 4.67. The molecule has 1 aliphatic carbocycles. The van der Waals surface area contributed by atoms with E-state index in [2.05, 4.69) is 20.3 Å². The highest BCUT2D eigenvalue weighted by molar-refractivity contribution is 7.13. The number of fused-ring (bicyclic) bond motifs is 1. The zero-order chi connectivity index (χ0) is 23.4. The maximum Gasteiger partial charge on any atom is 0.278 e. The highest BCUT2D eigenvalue weighted by Crippen LogP contribution is 2.32. The van der Waals surface area contributed by atoms with Crippen LogP contribution in [0.25, 0.3) is 0 Å². The minimum absolute atomic E-state index is 0.0313. The number of carbonyl (C=O) groups is 1. The number of nitrogens with zero attached hydrogens (tertiary/aromatic N) is 4. The maximum absolute atomic E-state index is 13.0. The predicted octanol–water partition coefficient (Wildman–Crippen LogP) is 4.13. The van der Waals surface area contributed by atoms with Gasteiger partial charge in [-0.15, -0.1) is 0 Å². The zero-order valence-electron chi connectivity index (χ0n) is 19.4. The van der Waals surface area contributed by atoms with Crippen molar-refractivity contribution >= 4 is 17.2 Å². The molecule has 0 spiro atoms. The van der Waals surface area contributed by atoms with E-state index >= 15 is 0 Å². The van der Waals surface area contributed by atoms with Gasteiger partial charge in [-0.25, -0.2) is 13.8 Å². The zero-order valence-corrected chi connectivity index (χ0v) is 20.2. The lowest BCUT2D eigenvalue weighted by Gasteiger charge is -2.32. The Hall–Kier alpha value is -2.07. The number of aromatic nitrogens is 3. The van der Waals surface area contributed by atoms with Gasteiger partial charge in [0.2, 0.25) is 0 Å². The summed E-state index contributed by atoms with van der Waals surface area (Å²) in [4.78, 5) is 20.5. The molecule has 2 aromatic heterocycles. The van der Waals surface area contributed by atoms with E-state index in [1.807, 2.05) is 6.92 Å². The van der Waals surface area contributed by atoms with Gasteiger partial charge < -0.3 is 10.1 Å². The molecule has 2 aromatic rings. The summed E-state index contributed by atoms with van der Waals surface area (Å²) in [6.07, 6.45) is 7.96. The normalized spacial score (nSPS) is 21.6. The highest BCUT2D eigenvalue weighted by Gasteiger charge is 2.27. The largest absolute Gasteiger partial charge is 0.464 e. The molecule has 1 N–H and O–H groups in total. The van der Waals surface area contributed by atoms with Crippen molar-refractivity contribution in [3.63, 3.8) is 0 Å². The number of alkyl halides is 2. The van der Waals surface area contributed by atoms with Gasteiger partial charge in [0.15, 0.2) is 6.61 Å². The van der Waals surface area contributed by atoms with Crippen molar-refractivity contribution in [1.29, 1.82) is 0 Å². The lowest BCUT2D eigenvalue weighted by atomic mass is 9.84. The Morgan fingerprint density at radius 2 is 2.12 bits per heavy atom. The van der Waals surface area contributed by atoms with Crippen LogP contribution in [-0.4, -0.2) is 57.2 Å². The molecule has 0 bridgehead atoms. The van der Waals surface area contributed by atoms with Crippen LogP contribution in [0, 0.1) is 5.92 Å². The minimum Gasteiger partial charge on any atom is -0.464 e. The van der Waals surface area contributed by atoms with Gasteiger partial charge in [0.1, 0.15) is 5.69 Å². The van der Waals surface area contributed by atoms with Crippen LogP contribution < -0.4 is 10.1 Å². The van der Waals surface area contributed by atoms with E-state index in [9.17, 15) is 13.6 Å². The summed E-state index contributed by atoms with van der Waals surface area (Å²) in [7, 11) is 0. The molecule has 0 aromatic carbocycles. The number of halogens is 2. The van der Waals surface area contributed by atoms with Crippen molar-refractivity contribution in [3.05, 3.63) is 28.5 Å². The van der Waals surface area contributed by atoms with Gasteiger partial charge in [-0.2, -0.15) is 5.10 Å². The third-order valence-corrected chi connectivity index (χ3v) is 7.59. The smallest absolute Gasteiger partial charge is 0.278 e. The number of hydrogen-bond donors (Lipinski definition) is 1. The second-order valence-corrected chi connectivity index (χ2v) is 10.3. The Balaban J connectivity index is 1.18. The molecule has 4 rings (SSSR count). The molecule has 1 aliphatic heterocycles. The number of nitrogens with one attached hydrogen (secondary N) is 1. The molecule has 1 saturated carbocycles. The first-order valence-corrected chi connectivity index (χ1v) is 12.7. The van der Waals surface area contributed by atoms with Crippen molar-refractivity contribution in [2.45, 2.75) is 77.4 Å². The minimum atomic E-state index is -2.85. The van der Waals surface area contributed by atoms with E-state index in [1.165, 1.54) is 11.3 Å². The lowest BCUT2D eigenvalue weighted by Crippen LogP contribution is -2.39. The molecule has 3 heterocycles. The third-order valence-electron chi connectivity index (χ3n) is 6.52. The Bertz CT molecular complexity index is 934. The van der Waals surface area contributed by atoms with Crippen LogP contribution in [0.3, 0.4) is 0 Å². The van der Waals surface area contributed by atoms with Crippen molar-refractivity contribution in [2.24, 2.45) is 5.92 Å². The van der Waals surface area contributed by atoms with E-state index in [1.54, 1.807) is 16.9 Å². The molecular weight excluding hydrogens is 448 g/mol. The second-order valence-electron chi connectivity index (χ2n) is 9.25. The van der Waals surface area contributed by atoms with Crippen molar-refractivity contribution in [2.75, 3.05) is 19.7 Å². The molecule has 1 amide bonds. The Labute approximate surface area is 197 Å². The summed E-state index contributed by atoms with van der Waals surface area (Å²) >= 11 is 1.40. The number of hydrogen-bond acceptors (Lipinski definition) is 6. The van der Waals surface area contributed by atoms with Crippen LogP contribution in [0.4, 0.5) is 8.78 Å². The average Bonchev–Trinajstić information content (AvgIpc) is 3.43. The van der Waals surface area contributed by atoms with Gasteiger partial charge in [0.25, 0.3) is 17.0 Å². The van der Waals surface area contributed by atoms with E-state index in [0.29, 0.717) is 23.4 Å². The molecule has 0 unspecified atom stereocenters. The monoisotopic (exact) mass is 481 g/mol. The summed E-state index contributed by atoms with van der Waals surface area (Å²) in [5.74, 6) is -2.21. The van der Waals surface area contributed by atoms with E-state index in [4.69, 9.17) is 4.74 Å².